The van der Waals surface area contributed by atoms with Gasteiger partial charge in [0.05, 0.1) is 10.6 Å². The van der Waals surface area contributed by atoms with Crippen molar-refractivity contribution >= 4 is 35.1 Å². The predicted octanol–water partition coefficient (Wildman–Crippen LogP) is 3.76. The molecule has 2 aromatic carbocycles. The first-order chi connectivity index (χ1) is 11.0. The minimum Gasteiger partial charge on any atom is -0.480 e. The minimum atomic E-state index is -1.07. The average molecular weight is 352 g/mol. The molecule has 23 heavy (non-hydrogen) atoms. The van der Waals surface area contributed by atoms with Crippen molar-refractivity contribution in [3.8, 4) is 0 Å². The second kappa shape index (κ2) is 7.99. The standard InChI is InChI=1S/C17H15Cl2NO3/c18-13-6-7-14(15(19)10-13)17(23)20(11-16(21)22)9-8-12-4-2-1-3-5-12/h1-7,10H,8-9,11H2,(H,21,22). The summed E-state index contributed by atoms with van der Waals surface area (Å²) < 4.78 is 0. The van der Waals surface area contributed by atoms with Gasteiger partial charge >= 0.3 is 5.97 Å². The Kier molecular flexibility index (Phi) is 6.02. The van der Waals surface area contributed by atoms with E-state index in [9.17, 15) is 9.59 Å². The summed E-state index contributed by atoms with van der Waals surface area (Å²) in [5.41, 5.74) is 1.27. The molecule has 2 aromatic rings. The van der Waals surface area contributed by atoms with Crippen LogP contribution in [0, 0.1) is 0 Å². The van der Waals surface area contributed by atoms with E-state index in [2.05, 4.69) is 0 Å². The summed E-state index contributed by atoms with van der Waals surface area (Å²) in [6, 6.07) is 14.1. The van der Waals surface area contributed by atoms with Gasteiger partial charge in [-0.3, -0.25) is 9.59 Å². The van der Waals surface area contributed by atoms with E-state index in [1.54, 1.807) is 6.07 Å². The smallest absolute Gasteiger partial charge is 0.323 e. The van der Waals surface area contributed by atoms with Gasteiger partial charge in [-0.25, -0.2) is 0 Å². The number of amides is 1. The Morgan fingerprint density at radius 1 is 1.04 bits per heavy atom. The number of benzene rings is 2. The Bertz CT molecular complexity index is 704. The van der Waals surface area contributed by atoms with Crippen LogP contribution in [0.25, 0.3) is 0 Å². The molecule has 0 aliphatic heterocycles. The lowest BCUT2D eigenvalue weighted by atomic mass is 10.1. The van der Waals surface area contributed by atoms with E-state index < -0.39 is 11.9 Å². The highest BCUT2D eigenvalue weighted by molar-refractivity contribution is 6.36. The van der Waals surface area contributed by atoms with Crippen LogP contribution >= 0.6 is 23.2 Å². The zero-order chi connectivity index (χ0) is 16.8. The van der Waals surface area contributed by atoms with E-state index in [4.69, 9.17) is 28.3 Å². The maximum atomic E-state index is 12.6. The first-order valence-electron chi connectivity index (χ1n) is 6.97. The molecule has 0 aromatic heterocycles. The molecule has 0 aliphatic rings. The lowest BCUT2D eigenvalue weighted by Gasteiger charge is -2.21. The number of nitrogens with zero attached hydrogens (tertiary/aromatic N) is 1. The summed E-state index contributed by atoms with van der Waals surface area (Å²) in [6.07, 6.45) is 0.561. The number of rotatable bonds is 6. The van der Waals surface area contributed by atoms with Gasteiger partial charge in [0.15, 0.2) is 0 Å². The summed E-state index contributed by atoms with van der Waals surface area (Å²) in [4.78, 5) is 24.9. The van der Waals surface area contributed by atoms with Crippen LogP contribution in [0.2, 0.25) is 10.0 Å². The second-order valence-corrected chi connectivity index (χ2v) is 5.82. The lowest BCUT2D eigenvalue weighted by molar-refractivity contribution is -0.137. The fraction of sp³-hybridized carbons (Fsp3) is 0.176. The maximum Gasteiger partial charge on any atom is 0.323 e. The Hall–Kier alpha value is -2.04. The van der Waals surface area contributed by atoms with E-state index in [0.717, 1.165) is 5.56 Å². The van der Waals surface area contributed by atoms with Crippen molar-refractivity contribution in [3.05, 3.63) is 69.7 Å². The number of carbonyl (C=O) groups excluding carboxylic acids is 1. The van der Waals surface area contributed by atoms with Gasteiger partial charge in [0.2, 0.25) is 0 Å². The fourth-order valence-corrected chi connectivity index (χ4v) is 2.65. The van der Waals surface area contributed by atoms with Crippen LogP contribution in [-0.4, -0.2) is 35.0 Å². The van der Waals surface area contributed by atoms with Crippen LogP contribution < -0.4 is 0 Å². The molecule has 0 saturated carbocycles. The van der Waals surface area contributed by atoms with E-state index in [1.165, 1.54) is 17.0 Å². The van der Waals surface area contributed by atoms with Crippen molar-refractivity contribution in [2.75, 3.05) is 13.1 Å². The first-order valence-corrected chi connectivity index (χ1v) is 7.73. The van der Waals surface area contributed by atoms with Gasteiger partial charge in [0.1, 0.15) is 6.54 Å². The highest BCUT2D eigenvalue weighted by Gasteiger charge is 2.20. The molecule has 0 saturated heterocycles. The van der Waals surface area contributed by atoms with Gasteiger partial charge in [0, 0.05) is 11.6 Å². The SMILES string of the molecule is O=C(O)CN(CCc1ccccc1)C(=O)c1ccc(Cl)cc1Cl. The molecule has 1 N–H and O–H groups in total. The minimum absolute atomic E-state index is 0.206. The van der Waals surface area contributed by atoms with Crippen molar-refractivity contribution in [1.29, 1.82) is 0 Å². The molecule has 0 spiro atoms. The number of hydrogen-bond acceptors (Lipinski definition) is 2. The topological polar surface area (TPSA) is 57.6 Å². The van der Waals surface area contributed by atoms with Gasteiger partial charge in [-0.2, -0.15) is 0 Å². The molecule has 0 unspecified atom stereocenters. The fourth-order valence-electron chi connectivity index (χ4n) is 2.16. The van der Waals surface area contributed by atoms with Crippen molar-refractivity contribution in [3.63, 3.8) is 0 Å². The zero-order valence-electron chi connectivity index (χ0n) is 12.2. The molecule has 6 heteroatoms. The zero-order valence-corrected chi connectivity index (χ0v) is 13.7. The molecule has 0 atom stereocenters. The van der Waals surface area contributed by atoms with Gasteiger partial charge in [-0.1, -0.05) is 53.5 Å². The first kappa shape index (κ1) is 17.3. The number of carboxylic acid groups (broad SMARTS) is 1. The van der Waals surface area contributed by atoms with Crippen molar-refractivity contribution in [1.82, 2.24) is 4.90 Å². The molecular formula is C17H15Cl2NO3. The van der Waals surface area contributed by atoms with Crippen molar-refractivity contribution in [2.45, 2.75) is 6.42 Å². The molecule has 0 fully saturated rings. The lowest BCUT2D eigenvalue weighted by Crippen LogP contribution is -2.37. The van der Waals surface area contributed by atoms with Crippen LogP contribution in [0.15, 0.2) is 48.5 Å². The summed E-state index contributed by atoms with van der Waals surface area (Å²) in [7, 11) is 0. The number of carbonyl (C=O) groups is 2. The molecule has 4 nitrogen and oxygen atoms in total. The number of hydrogen-bond donors (Lipinski definition) is 1. The molecule has 2 rings (SSSR count). The van der Waals surface area contributed by atoms with Gasteiger partial charge in [-0.15, -0.1) is 0 Å². The van der Waals surface area contributed by atoms with Crippen molar-refractivity contribution < 1.29 is 14.7 Å². The van der Waals surface area contributed by atoms with E-state index in [-0.39, 0.29) is 23.7 Å². The molecule has 0 heterocycles. The van der Waals surface area contributed by atoms with Crippen LogP contribution in [0.5, 0.6) is 0 Å². The molecule has 120 valence electrons. The summed E-state index contributed by atoms with van der Waals surface area (Å²) in [5, 5.41) is 9.67. The Balaban J connectivity index is 2.16. The molecule has 0 aliphatic carbocycles. The molecular weight excluding hydrogens is 337 g/mol. The quantitative estimate of drug-likeness (QED) is 0.861. The largest absolute Gasteiger partial charge is 0.480 e. The monoisotopic (exact) mass is 351 g/mol. The maximum absolute atomic E-state index is 12.6. The highest BCUT2D eigenvalue weighted by Crippen LogP contribution is 2.22. The Labute approximate surface area is 144 Å². The second-order valence-electron chi connectivity index (χ2n) is 4.98. The van der Waals surface area contributed by atoms with Crippen LogP contribution in [-0.2, 0) is 11.2 Å². The average Bonchev–Trinajstić information content (AvgIpc) is 2.51. The van der Waals surface area contributed by atoms with Crippen LogP contribution in [0.3, 0.4) is 0 Å². The van der Waals surface area contributed by atoms with Gasteiger partial charge in [-0.05, 0) is 30.2 Å². The van der Waals surface area contributed by atoms with Crippen LogP contribution in [0.4, 0.5) is 0 Å². The van der Waals surface area contributed by atoms with E-state index in [0.29, 0.717) is 11.4 Å². The summed E-state index contributed by atoms with van der Waals surface area (Å²) >= 11 is 11.9. The third kappa shape index (κ3) is 4.98. The number of aliphatic carboxylic acids is 1. The highest BCUT2D eigenvalue weighted by atomic mass is 35.5. The van der Waals surface area contributed by atoms with Gasteiger partial charge < -0.3 is 10.0 Å². The van der Waals surface area contributed by atoms with Gasteiger partial charge in [0.25, 0.3) is 5.91 Å². The van der Waals surface area contributed by atoms with E-state index in [1.807, 2.05) is 30.3 Å². The van der Waals surface area contributed by atoms with Crippen molar-refractivity contribution in [2.24, 2.45) is 0 Å². The summed E-state index contributed by atoms with van der Waals surface area (Å²) in [5.74, 6) is -1.50. The normalized spacial score (nSPS) is 10.3. The molecule has 1 amide bonds. The third-order valence-corrected chi connectivity index (χ3v) is 3.84. The number of carboxylic acids is 1. The van der Waals surface area contributed by atoms with Crippen LogP contribution in [0.1, 0.15) is 15.9 Å². The predicted molar refractivity (Wildman–Crippen MR) is 90.1 cm³/mol. The Morgan fingerprint density at radius 2 is 1.74 bits per heavy atom. The summed E-state index contributed by atoms with van der Waals surface area (Å²) in [6.45, 7) is -0.0985. The third-order valence-electron chi connectivity index (χ3n) is 3.29. The van der Waals surface area contributed by atoms with E-state index >= 15 is 0 Å². The molecule has 0 bridgehead atoms. The number of halogens is 2. The Morgan fingerprint density at radius 3 is 2.35 bits per heavy atom. The molecule has 0 radical (unpaired) electrons.